The van der Waals surface area contributed by atoms with Gasteiger partial charge in [0.25, 0.3) is 0 Å². The molecule has 492 valence electrons. The van der Waals surface area contributed by atoms with Gasteiger partial charge in [-0.15, -0.1) is 34.0 Å². The summed E-state index contributed by atoms with van der Waals surface area (Å²) in [6, 6.07) is 31.1. The maximum absolute atomic E-state index is 13.1. The number of hydrogen-bond donors (Lipinski definition) is 1. The van der Waals surface area contributed by atoms with E-state index in [1.807, 2.05) is 6.92 Å². The molecule has 6 aromatic heterocycles. The van der Waals surface area contributed by atoms with Crippen molar-refractivity contribution in [2.45, 2.75) is 94.0 Å². The molecule has 1 atom stereocenters. The molecule has 0 amide bonds. The highest BCUT2D eigenvalue weighted by Gasteiger charge is 2.47. The molecule has 0 aliphatic rings. The number of sulfone groups is 2. The molecule has 1 unspecified atom stereocenters. The lowest BCUT2D eigenvalue weighted by atomic mass is 10.2. The van der Waals surface area contributed by atoms with Crippen LogP contribution in [0.25, 0.3) is 63.0 Å². The first-order chi connectivity index (χ1) is 40.4. The molecule has 6 heterocycles. The second-order valence-corrected chi connectivity index (χ2v) is 28.0. The second kappa shape index (κ2) is 29.8. The Bertz CT molecular complexity index is 4110. The molecule has 0 radical (unpaired) electrons. The van der Waals surface area contributed by atoms with Crippen LogP contribution in [0.15, 0.2) is 142 Å². The van der Waals surface area contributed by atoms with E-state index in [-0.39, 0.29) is 66.4 Å². The van der Waals surface area contributed by atoms with Gasteiger partial charge in [-0.05, 0) is 125 Å². The maximum Gasteiger partial charge on any atom is 0.523 e. The molecular formula is C55H55F12N6O10S7-. The summed E-state index contributed by atoms with van der Waals surface area (Å²) in [5.74, 6) is 0. The van der Waals surface area contributed by atoms with Crippen molar-refractivity contribution in [2.75, 3.05) is 25.7 Å². The molecule has 0 aliphatic heterocycles. The van der Waals surface area contributed by atoms with E-state index in [1.165, 1.54) is 75.9 Å². The summed E-state index contributed by atoms with van der Waals surface area (Å²) in [4.78, 5) is 3.74. The van der Waals surface area contributed by atoms with Gasteiger partial charge < -0.3 is 9.66 Å². The number of hydrogen-bond acceptors (Lipinski definition) is 16. The van der Waals surface area contributed by atoms with Gasteiger partial charge >= 0.3 is 34.2 Å². The Labute approximate surface area is 524 Å². The minimum atomic E-state index is -5.92. The molecule has 35 heteroatoms. The third-order valence-corrected chi connectivity index (χ3v) is 19.1. The van der Waals surface area contributed by atoms with Crippen molar-refractivity contribution in [2.24, 2.45) is 0 Å². The zero-order valence-electron chi connectivity index (χ0n) is 44.6. The standard InChI is InChI=1S/C18H17F3N2O2S2.C17H12F6N2O5S3.C17H15F3N2O3S2.3CH4/c1-3-9-23-14(11-17(22-23)18(19,20)21)16-8-7-15(26-16)12-5-4-6-13(10-12)27(2,24)25;18-16(19,20)15-9-12(25(24-15)6-7-30-33(28,29)17(21,22)23)14-5-4-13(31-14)10-2-1-3-11(8-10)32(26)27;1-27(24,25)12-4-2-3-11(9-12)14-5-6-15(26-14)13-10-16(17(18,19)20)21-22(13)7-8-23;;;/h4-8,10-11H,3,9H2,1-2H3;1-5,8-9H,6-7H2,(H,26,27);2-6,9-10,23H,7-8H2,1H3;3*1H4/p-1. The van der Waals surface area contributed by atoms with Crippen molar-refractivity contribution in [1.29, 1.82) is 0 Å². The molecule has 9 aromatic rings. The van der Waals surface area contributed by atoms with E-state index in [9.17, 15) is 86.7 Å². The lowest BCUT2D eigenvalue weighted by molar-refractivity contribution is -0.142. The van der Waals surface area contributed by atoms with E-state index in [2.05, 4.69) is 19.5 Å². The highest BCUT2D eigenvalue weighted by atomic mass is 32.2. The van der Waals surface area contributed by atoms with E-state index < -0.39 is 95.1 Å². The summed E-state index contributed by atoms with van der Waals surface area (Å²) < 4.78 is 253. The van der Waals surface area contributed by atoms with Crippen molar-refractivity contribution in [3.63, 3.8) is 0 Å². The van der Waals surface area contributed by atoms with E-state index in [0.29, 0.717) is 65.6 Å². The van der Waals surface area contributed by atoms with E-state index >= 15 is 0 Å². The van der Waals surface area contributed by atoms with Crippen LogP contribution in [-0.2, 0) is 83.2 Å². The van der Waals surface area contributed by atoms with Crippen LogP contribution in [-0.4, -0.2) is 99.7 Å². The van der Waals surface area contributed by atoms with E-state index in [0.717, 1.165) is 45.5 Å². The fourth-order valence-corrected chi connectivity index (χ4v) is 13.0. The lowest BCUT2D eigenvalue weighted by Gasteiger charge is -2.09. The van der Waals surface area contributed by atoms with Gasteiger partial charge in [-0.3, -0.25) is 22.4 Å². The van der Waals surface area contributed by atoms with Crippen molar-refractivity contribution >= 4 is 74.9 Å². The summed E-state index contributed by atoms with van der Waals surface area (Å²) in [6.07, 6.45) is -11.1. The van der Waals surface area contributed by atoms with Crippen LogP contribution >= 0.6 is 34.0 Å². The largest absolute Gasteiger partial charge is 0.768 e. The molecule has 0 saturated carbocycles. The summed E-state index contributed by atoms with van der Waals surface area (Å²) >= 11 is 0.992. The first-order valence-electron chi connectivity index (χ1n) is 24.5. The van der Waals surface area contributed by atoms with Gasteiger partial charge in [-0.2, -0.15) is 76.4 Å². The number of benzene rings is 3. The third kappa shape index (κ3) is 19.0. The number of halogens is 12. The third-order valence-electron chi connectivity index (χ3n) is 11.8. The Hall–Kier alpha value is -6.57. The predicted octanol–water partition coefficient (Wildman–Crippen LogP) is 15.1. The Morgan fingerprint density at radius 1 is 0.500 bits per heavy atom. The highest BCUT2D eigenvalue weighted by molar-refractivity contribution is 7.91. The normalized spacial score (nSPS) is 12.6. The highest BCUT2D eigenvalue weighted by Crippen LogP contribution is 2.42. The molecule has 90 heavy (non-hydrogen) atoms. The average molecular weight is 1410 g/mol. The molecule has 0 spiro atoms. The van der Waals surface area contributed by atoms with Gasteiger partial charge in [0.2, 0.25) is 0 Å². The average Bonchev–Trinajstić information content (AvgIpc) is 1.69. The smallest absolute Gasteiger partial charge is 0.523 e. The molecule has 0 bridgehead atoms. The minimum Gasteiger partial charge on any atom is -0.768 e. The number of aliphatic hydroxyl groups is 1. The summed E-state index contributed by atoms with van der Waals surface area (Å²) in [7, 11) is -12.6. The van der Waals surface area contributed by atoms with E-state index in [4.69, 9.17) is 5.11 Å². The Morgan fingerprint density at radius 3 is 1.16 bits per heavy atom. The monoisotopic (exact) mass is 1410 g/mol. The summed E-state index contributed by atoms with van der Waals surface area (Å²) in [5.41, 5.74) is -6.64. The Kier molecular flexibility index (Phi) is 25.1. The van der Waals surface area contributed by atoms with Gasteiger partial charge in [0.15, 0.2) is 36.8 Å². The minimum absolute atomic E-state index is 0. The zero-order valence-corrected chi connectivity index (χ0v) is 50.3. The van der Waals surface area contributed by atoms with Crippen LogP contribution in [0, 0.1) is 0 Å². The van der Waals surface area contributed by atoms with Gasteiger partial charge in [0, 0.05) is 38.6 Å². The molecule has 0 fully saturated rings. The van der Waals surface area contributed by atoms with Crippen LogP contribution in [0.1, 0.15) is 52.7 Å². The fourth-order valence-electron chi connectivity index (χ4n) is 7.78. The molecular weight excluding hydrogens is 1360 g/mol. The van der Waals surface area contributed by atoms with Gasteiger partial charge in [0.05, 0.1) is 67.8 Å². The Balaban J connectivity index is 0.000000285. The topological polar surface area (TPSA) is 225 Å². The predicted molar refractivity (Wildman–Crippen MR) is 320 cm³/mol. The van der Waals surface area contributed by atoms with Crippen LogP contribution < -0.4 is 0 Å². The van der Waals surface area contributed by atoms with Gasteiger partial charge in [-0.1, -0.05) is 65.6 Å². The molecule has 0 aliphatic carbocycles. The van der Waals surface area contributed by atoms with Gasteiger partial charge in [-0.25, -0.2) is 16.8 Å². The van der Waals surface area contributed by atoms with Crippen LogP contribution in [0.4, 0.5) is 52.7 Å². The molecule has 0 saturated heterocycles. The molecule has 16 nitrogen and oxygen atoms in total. The first-order valence-corrected chi connectivity index (χ1v) is 33.2. The maximum atomic E-state index is 13.1. The first kappa shape index (κ1) is 75.9. The Morgan fingerprint density at radius 2 is 0.833 bits per heavy atom. The number of aliphatic hydroxyl groups excluding tert-OH is 1. The van der Waals surface area contributed by atoms with Gasteiger partial charge in [0.1, 0.15) is 0 Å². The molecule has 1 N–H and O–H groups in total. The molecule has 3 aromatic carbocycles. The quantitative estimate of drug-likeness (QED) is 0.0388. The van der Waals surface area contributed by atoms with E-state index in [1.54, 1.807) is 60.7 Å². The number of aryl methyl sites for hydroxylation is 1. The van der Waals surface area contributed by atoms with Crippen LogP contribution in [0.3, 0.4) is 0 Å². The van der Waals surface area contributed by atoms with Crippen molar-refractivity contribution in [1.82, 2.24) is 29.3 Å². The second-order valence-electron chi connectivity index (χ2n) is 18.2. The lowest BCUT2D eigenvalue weighted by Crippen LogP contribution is -2.27. The number of rotatable bonds is 17. The van der Waals surface area contributed by atoms with Crippen molar-refractivity contribution < 1.29 is 96.0 Å². The zero-order chi connectivity index (χ0) is 64.2. The summed E-state index contributed by atoms with van der Waals surface area (Å²) in [5, 5.41) is 19.6. The van der Waals surface area contributed by atoms with Crippen molar-refractivity contribution in [3.05, 3.63) is 144 Å². The SMILES string of the molecule is C.C.C.CCCn1nc(C(F)(F)F)cc1-c1ccc(-c2cccc(S(C)(=O)=O)c2)s1.CS(=O)(=O)c1cccc(-c2ccc(-c3cc(C(F)(F)F)nn3CCO)s2)c1.O=S([O-])c1cccc(-c2ccc(-c3cc(C(F)(F)F)nn3CCOS(=O)(=O)C(F)(F)F)s2)c1. The van der Waals surface area contributed by atoms with Crippen LogP contribution in [0.2, 0.25) is 0 Å². The summed E-state index contributed by atoms with van der Waals surface area (Å²) in [6.45, 7) is 0.00229. The molecule has 9 rings (SSSR count). The van der Waals surface area contributed by atoms with Crippen molar-refractivity contribution in [3.8, 4) is 63.0 Å². The number of thiophene rings is 3. The fraction of sp³-hybridized carbons (Fsp3) is 0.291. The number of alkyl halides is 12. The van der Waals surface area contributed by atoms with Crippen LogP contribution in [0.5, 0.6) is 0 Å². The number of nitrogens with zero attached hydrogens (tertiary/aromatic N) is 6. The number of aromatic nitrogens is 6.